The van der Waals surface area contributed by atoms with Crippen molar-refractivity contribution in [1.29, 1.82) is 0 Å². The van der Waals surface area contributed by atoms with Crippen LogP contribution in [0, 0.1) is 13.8 Å². The molecule has 0 aliphatic carbocycles. The van der Waals surface area contributed by atoms with Gasteiger partial charge < -0.3 is 5.73 Å². The monoisotopic (exact) mass is 225 g/mol. The van der Waals surface area contributed by atoms with Crippen molar-refractivity contribution >= 4 is 0 Å². The van der Waals surface area contributed by atoms with Gasteiger partial charge in [0.1, 0.15) is 0 Å². The van der Waals surface area contributed by atoms with E-state index in [4.69, 9.17) is 5.73 Å². The zero-order valence-corrected chi connectivity index (χ0v) is 10.5. The summed E-state index contributed by atoms with van der Waals surface area (Å²) in [6, 6.07) is 17.0. The van der Waals surface area contributed by atoms with Gasteiger partial charge in [0, 0.05) is 6.04 Å². The van der Waals surface area contributed by atoms with E-state index in [9.17, 15) is 0 Å². The Morgan fingerprint density at radius 1 is 0.941 bits per heavy atom. The lowest BCUT2D eigenvalue weighted by Gasteiger charge is -2.13. The summed E-state index contributed by atoms with van der Waals surface area (Å²) < 4.78 is 0. The normalized spacial score (nSPS) is 12.4. The predicted molar refractivity (Wildman–Crippen MR) is 73.0 cm³/mol. The number of aryl methyl sites for hydroxylation is 2. The van der Waals surface area contributed by atoms with E-state index in [2.05, 4.69) is 56.3 Å². The van der Waals surface area contributed by atoms with E-state index in [-0.39, 0.29) is 6.04 Å². The minimum Gasteiger partial charge on any atom is -0.324 e. The maximum atomic E-state index is 6.25. The van der Waals surface area contributed by atoms with Crippen LogP contribution < -0.4 is 5.73 Å². The van der Waals surface area contributed by atoms with Crippen molar-refractivity contribution in [3.05, 3.63) is 70.8 Å². The Morgan fingerprint density at radius 3 is 2.29 bits per heavy atom. The number of hydrogen-bond donors (Lipinski definition) is 1. The first-order chi connectivity index (χ1) is 8.16. The Labute approximate surface area is 103 Å². The molecular formula is C16H19N. The summed E-state index contributed by atoms with van der Waals surface area (Å²) in [7, 11) is 0. The van der Waals surface area contributed by atoms with Crippen LogP contribution >= 0.6 is 0 Å². The molecule has 2 rings (SSSR count). The van der Waals surface area contributed by atoms with E-state index in [0.29, 0.717) is 0 Å². The average Bonchev–Trinajstić information content (AvgIpc) is 2.34. The molecule has 2 N–H and O–H groups in total. The van der Waals surface area contributed by atoms with Crippen LogP contribution in [0.15, 0.2) is 48.5 Å². The van der Waals surface area contributed by atoms with Crippen molar-refractivity contribution in [1.82, 2.24) is 0 Å². The molecule has 0 aliphatic heterocycles. The van der Waals surface area contributed by atoms with E-state index >= 15 is 0 Å². The molecule has 1 atom stereocenters. The van der Waals surface area contributed by atoms with Gasteiger partial charge in [0.2, 0.25) is 0 Å². The molecule has 1 nitrogen and oxygen atoms in total. The summed E-state index contributed by atoms with van der Waals surface area (Å²) in [5.41, 5.74) is 11.4. The minimum absolute atomic E-state index is 0.0803. The van der Waals surface area contributed by atoms with Crippen LogP contribution in [0.2, 0.25) is 0 Å². The number of benzene rings is 2. The van der Waals surface area contributed by atoms with E-state index in [1.54, 1.807) is 0 Å². The molecule has 0 aromatic heterocycles. The second kappa shape index (κ2) is 5.15. The van der Waals surface area contributed by atoms with Gasteiger partial charge in [-0.25, -0.2) is 0 Å². The fourth-order valence-electron chi connectivity index (χ4n) is 1.98. The number of rotatable bonds is 3. The lowest BCUT2D eigenvalue weighted by Crippen LogP contribution is -2.13. The Balaban J connectivity index is 2.14. The first-order valence-corrected chi connectivity index (χ1v) is 6.03. The van der Waals surface area contributed by atoms with E-state index in [1.165, 1.54) is 22.3 Å². The summed E-state index contributed by atoms with van der Waals surface area (Å²) in [6.07, 6.45) is 0.892. The third-order valence-electron chi connectivity index (χ3n) is 3.26. The zero-order chi connectivity index (χ0) is 12.3. The van der Waals surface area contributed by atoms with Gasteiger partial charge in [-0.05, 0) is 42.5 Å². The van der Waals surface area contributed by atoms with Gasteiger partial charge in [-0.3, -0.25) is 0 Å². The molecule has 0 amide bonds. The summed E-state index contributed by atoms with van der Waals surface area (Å²) in [6.45, 7) is 4.26. The summed E-state index contributed by atoms with van der Waals surface area (Å²) >= 11 is 0. The third-order valence-corrected chi connectivity index (χ3v) is 3.26. The molecule has 17 heavy (non-hydrogen) atoms. The van der Waals surface area contributed by atoms with Crippen LogP contribution in [0.5, 0.6) is 0 Å². The number of nitrogens with two attached hydrogens (primary N) is 1. The van der Waals surface area contributed by atoms with Crippen LogP contribution in [-0.4, -0.2) is 0 Å². The van der Waals surface area contributed by atoms with E-state index in [1.807, 2.05) is 6.07 Å². The smallest absolute Gasteiger partial charge is 0.0335 e. The Hall–Kier alpha value is -1.60. The van der Waals surface area contributed by atoms with Gasteiger partial charge in [-0.2, -0.15) is 0 Å². The van der Waals surface area contributed by atoms with Crippen molar-refractivity contribution in [3.63, 3.8) is 0 Å². The largest absolute Gasteiger partial charge is 0.324 e. The van der Waals surface area contributed by atoms with Gasteiger partial charge in [-0.15, -0.1) is 0 Å². The standard InChI is InChI=1S/C16H19N/c1-12-8-9-15(10-13(12)2)16(17)11-14-6-4-3-5-7-14/h3-10,16H,11,17H2,1-2H3/t16-/m1/s1. The molecule has 0 fully saturated rings. The van der Waals surface area contributed by atoms with Gasteiger partial charge in [0.15, 0.2) is 0 Å². The van der Waals surface area contributed by atoms with Gasteiger partial charge >= 0.3 is 0 Å². The SMILES string of the molecule is Cc1ccc([C@H](N)Cc2ccccc2)cc1C. The number of hydrogen-bond acceptors (Lipinski definition) is 1. The maximum absolute atomic E-state index is 6.25. The Bertz CT molecular complexity index is 488. The predicted octanol–water partition coefficient (Wildman–Crippen LogP) is 3.55. The molecule has 88 valence electrons. The molecule has 0 radical (unpaired) electrons. The molecule has 1 heteroatoms. The Kier molecular flexibility index (Phi) is 3.60. The second-order valence-electron chi connectivity index (χ2n) is 4.64. The minimum atomic E-state index is 0.0803. The van der Waals surface area contributed by atoms with Crippen LogP contribution in [0.4, 0.5) is 0 Å². The highest BCUT2D eigenvalue weighted by molar-refractivity contribution is 5.32. The molecule has 2 aromatic carbocycles. The van der Waals surface area contributed by atoms with Gasteiger partial charge in [-0.1, -0.05) is 48.5 Å². The van der Waals surface area contributed by atoms with Crippen LogP contribution in [0.3, 0.4) is 0 Å². The average molecular weight is 225 g/mol. The molecule has 0 heterocycles. The molecule has 0 aliphatic rings. The molecule has 0 unspecified atom stereocenters. The van der Waals surface area contributed by atoms with Crippen LogP contribution in [-0.2, 0) is 6.42 Å². The molecule has 2 aromatic rings. The summed E-state index contributed by atoms with van der Waals surface area (Å²) in [5, 5.41) is 0. The Morgan fingerprint density at radius 2 is 1.65 bits per heavy atom. The summed E-state index contributed by atoms with van der Waals surface area (Å²) in [5.74, 6) is 0. The van der Waals surface area contributed by atoms with Crippen molar-refractivity contribution in [2.24, 2.45) is 5.73 Å². The first-order valence-electron chi connectivity index (χ1n) is 6.03. The zero-order valence-electron chi connectivity index (χ0n) is 10.5. The van der Waals surface area contributed by atoms with Crippen LogP contribution in [0.1, 0.15) is 28.3 Å². The van der Waals surface area contributed by atoms with Crippen molar-refractivity contribution < 1.29 is 0 Å². The van der Waals surface area contributed by atoms with Gasteiger partial charge in [0.05, 0.1) is 0 Å². The lowest BCUT2D eigenvalue weighted by molar-refractivity contribution is 0.721. The summed E-state index contributed by atoms with van der Waals surface area (Å²) in [4.78, 5) is 0. The molecule has 0 saturated heterocycles. The highest BCUT2D eigenvalue weighted by Crippen LogP contribution is 2.18. The quantitative estimate of drug-likeness (QED) is 0.849. The maximum Gasteiger partial charge on any atom is 0.0335 e. The second-order valence-corrected chi connectivity index (χ2v) is 4.64. The fourth-order valence-corrected chi connectivity index (χ4v) is 1.98. The topological polar surface area (TPSA) is 26.0 Å². The molecule has 0 saturated carbocycles. The van der Waals surface area contributed by atoms with Crippen molar-refractivity contribution in [3.8, 4) is 0 Å². The van der Waals surface area contributed by atoms with E-state index in [0.717, 1.165) is 6.42 Å². The van der Waals surface area contributed by atoms with Gasteiger partial charge in [0.25, 0.3) is 0 Å². The molecule has 0 spiro atoms. The van der Waals surface area contributed by atoms with Crippen molar-refractivity contribution in [2.75, 3.05) is 0 Å². The van der Waals surface area contributed by atoms with Crippen LogP contribution in [0.25, 0.3) is 0 Å². The lowest BCUT2D eigenvalue weighted by atomic mass is 9.97. The van der Waals surface area contributed by atoms with Crippen molar-refractivity contribution in [2.45, 2.75) is 26.3 Å². The highest BCUT2D eigenvalue weighted by Gasteiger charge is 2.07. The fraction of sp³-hybridized carbons (Fsp3) is 0.250. The van der Waals surface area contributed by atoms with E-state index < -0.39 is 0 Å². The molecular weight excluding hydrogens is 206 g/mol. The highest BCUT2D eigenvalue weighted by atomic mass is 14.6. The third kappa shape index (κ3) is 2.95. The first kappa shape index (κ1) is 11.9. The molecule has 0 bridgehead atoms.